The van der Waals surface area contributed by atoms with Crippen LogP contribution in [0.2, 0.25) is 0 Å². The largest absolute Gasteiger partial charge is 0.373 e. The van der Waals surface area contributed by atoms with Crippen LogP contribution < -0.4 is 10.6 Å². The number of nitrogens with two attached hydrogens (primary N) is 1. The number of para-hydroxylation sites is 1. The van der Waals surface area contributed by atoms with Gasteiger partial charge in [0.2, 0.25) is 0 Å². The lowest BCUT2D eigenvalue weighted by Crippen LogP contribution is -2.46. The number of H-pyrrole nitrogens is 1. The van der Waals surface area contributed by atoms with Crippen LogP contribution in [0, 0.1) is 0 Å². The van der Waals surface area contributed by atoms with Gasteiger partial charge in [0.15, 0.2) is 0 Å². The molecule has 1 aromatic carbocycles. The molecule has 6 nitrogen and oxygen atoms in total. The van der Waals surface area contributed by atoms with Crippen LogP contribution in [0.5, 0.6) is 0 Å². The van der Waals surface area contributed by atoms with Crippen LogP contribution in [0.1, 0.15) is 0 Å². The highest BCUT2D eigenvalue weighted by Crippen LogP contribution is 2.31. The number of aromatic nitrogens is 3. The zero-order valence-electron chi connectivity index (χ0n) is 11.6. The first-order chi connectivity index (χ1) is 10.4. The lowest BCUT2D eigenvalue weighted by atomic mass is 10.2. The Balaban J connectivity index is 1.88. The van der Waals surface area contributed by atoms with Crippen molar-refractivity contribution in [1.82, 2.24) is 15.0 Å². The van der Waals surface area contributed by atoms with Crippen molar-refractivity contribution in [2.24, 2.45) is 5.73 Å². The van der Waals surface area contributed by atoms with E-state index in [0.717, 1.165) is 40.8 Å². The van der Waals surface area contributed by atoms with Crippen molar-refractivity contribution in [2.75, 3.05) is 31.1 Å². The number of rotatable bonds is 2. The van der Waals surface area contributed by atoms with Crippen LogP contribution in [-0.4, -0.2) is 47.3 Å². The number of anilines is 1. The molecule has 1 saturated heterocycles. The minimum Gasteiger partial charge on any atom is -0.373 e. The zero-order valence-corrected chi connectivity index (χ0v) is 11.6. The first kappa shape index (κ1) is 12.6. The predicted octanol–water partition coefficient (Wildman–Crippen LogP) is 1.27. The monoisotopic (exact) mass is 283 g/mol. The third kappa shape index (κ3) is 2.03. The van der Waals surface area contributed by atoms with Crippen molar-refractivity contribution in [2.45, 2.75) is 6.10 Å². The highest BCUT2D eigenvalue weighted by molar-refractivity contribution is 6.11. The Morgan fingerprint density at radius 3 is 3.14 bits per heavy atom. The molecule has 3 heterocycles. The summed E-state index contributed by atoms with van der Waals surface area (Å²) in [5.41, 5.74) is 7.69. The van der Waals surface area contributed by atoms with Crippen molar-refractivity contribution in [3.8, 4) is 0 Å². The normalized spacial score (nSPS) is 19.5. The second-order valence-corrected chi connectivity index (χ2v) is 5.27. The Morgan fingerprint density at radius 2 is 2.24 bits per heavy atom. The third-order valence-corrected chi connectivity index (χ3v) is 3.98. The van der Waals surface area contributed by atoms with Gasteiger partial charge >= 0.3 is 0 Å². The van der Waals surface area contributed by atoms with Gasteiger partial charge in [-0.2, -0.15) is 0 Å². The fourth-order valence-corrected chi connectivity index (χ4v) is 2.95. The molecular formula is C15H17N5O. The van der Waals surface area contributed by atoms with Crippen LogP contribution in [0.15, 0.2) is 30.6 Å². The maximum atomic E-state index is 5.74. The van der Waals surface area contributed by atoms with E-state index in [2.05, 4.69) is 32.0 Å². The smallest absolute Gasteiger partial charge is 0.143 e. The van der Waals surface area contributed by atoms with Crippen LogP contribution in [0.3, 0.4) is 0 Å². The molecule has 0 bridgehead atoms. The van der Waals surface area contributed by atoms with E-state index < -0.39 is 0 Å². The average Bonchev–Trinajstić information content (AvgIpc) is 2.93. The highest BCUT2D eigenvalue weighted by Gasteiger charge is 2.23. The Hall–Kier alpha value is -2.18. The van der Waals surface area contributed by atoms with Gasteiger partial charge in [-0.15, -0.1) is 0 Å². The number of nitrogens with zero attached hydrogens (tertiary/aromatic N) is 3. The van der Waals surface area contributed by atoms with Crippen LogP contribution in [0.4, 0.5) is 5.82 Å². The Kier molecular flexibility index (Phi) is 2.98. The van der Waals surface area contributed by atoms with Crippen molar-refractivity contribution in [3.63, 3.8) is 0 Å². The van der Waals surface area contributed by atoms with Gasteiger partial charge in [-0.1, -0.05) is 18.2 Å². The molecule has 0 radical (unpaired) electrons. The summed E-state index contributed by atoms with van der Waals surface area (Å²) in [6.45, 7) is 2.79. The summed E-state index contributed by atoms with van der Waals surface area (Å²) in [5.74, 6) is 0.958. The number of nitrogens with one attached hydrogen (secondary N) is 1. The van der Waals surface area contributed by atoms with Crippen LogP contribution >= 0.6 is 0 Å². The molecule has 0 amide bonds. The standard InChI is InChI=1S/C15H17N5O/c16-7-10-8-20(5-6-21-10)15-13-11-3-1-2-4-12(11)19-14(13)17-9-18-15/h1-4,9-10H,5-8,16H2,(H,17,18,19). The van der Waals surface area contributed by atoms with E-state index in [4.69, 9.17) is 10.5 Å². The Morgan fingerprint density at radius 1 is 1.33 bits per heavy atom. The fraction of sp³-hybridized carbons (Fsp3) is 0.333. The van der Waals surface area contributed by atoms with Gasteiger partial charge < -0.3 is 20.4 Å². The molecule has 0 saturated carbocycles. The molecule has 3 N–H and O–H groups in total. The lowest BCUT2D eigenvalue weighted by molar-refractivity contribution is 0.0464. The summed E-state index contributed by atoms with van der Waals surface area (Å²) >= 11 is 0. The van der Waals surface area contributed by atoms with Crippen molar-refractivity contribution < 1.29 is 4.74 Å². The Bertz CT molecular complexity index is 784. The summed E-state index contributed by atoms with van der Waals surface area (Å²) in [6, 6.07) is 8.21. The second kappa shape index (κ2) is 4.98. The molecule has 3 aromatic rings. The van der Waals surface area contributed by atoms with E-state index in [1.807, 2.05) is 12.1 Å². The molecule has 0 aliphatic carbocycles. The highest BCUT2D eigenvalue weighted by atomic mass is 16.5. The van der Waals surface area contributed by atoms with E-state index in [0.29, 0.717) is 13.2 Å². The molecule has 108 valence electrons. The van der Waals surface area contributed by atoms with Gasteiger partial charge in [0.1, 0.15) is 17.8 Å². The lowest BCUT2D eigenvalue weighted by Gasteiger charge is -2.33. The van der Waals surface area contributed by atoms with Gasteiger partial charge in [-0.3, -0.25) is 0 Å². The fourth-order valence-electron chi connectivity index (χ4n) is 2.95. The first-order valence-corrected chi connectivity index (χ1v) is 7.15. The molecule has 6 heteroatoms. The van der Waals surface area contributed by atoms with E-state index in [9.17, 15) is 0 Å². The van der Waals surface area contributed by atoms with Gasteiger partial charge in [-0.05, 0) is 6.07 Å². The second-order valence-electron chi connectivity index (χ2n) is 5.27. The number of fused-ring (bicyclic) bond motifs is 3. The van der Waals surface area contributed by atoms with Crippen molar-refractivity contribution in [1.29, 1.82) is 0 Å². The SMILES string of the molecule is NCC1CN(c2ncnc3[nH]c4ccccc4c23)CCO1. The average molecular weight is 283 g/mol. The molecule has 0 spiro atoms. The van der Waals surface area contributed by atoms with E-state index in [1.165, 1.54) is 0 Å². The predicted molar refractivity (Wildman–Crippen MR) is 82.4 cm³/mol. The Labute approximate surface area is 121 Å². The zero-order chi connectivity index (χ0) is 14.2. The minimum absolute atomic E-state index is 0.0639. The number of hydrogen-bond acceptors (Lipinski definition) is 5. The first-order valence-electron chi connectivity index (χ1n) is 7.15. The topological polar surface area (TPSA) is 80.1 Å². The molecular weight excluding hydrogens is 266 g/mol. The molecule has 1 fully saturated rings. The molecule has 1 aliphatic rings. The maximum absolute atomic E-state index is 5.74. The molecule has 1 unspecified atom stereocenters. The number of ether oxygens (including phenoxy) is 1. The van der Waals surface area contributed by atoms with Crippen LogP contribution in [-0.2, 0) is 4.74 Å². The molecule has 4 rings (SSSR count). The van der Waals surface area contributed by atoms with Gasteiger partial charge in [0, 0.05) is 30.5 Å². The number of hydrogen-bond donors (Lipinski definition) is 2. The van der Waals surface area contributed by atoms with Gasteiger partial charge in [0.05, 0.1) is 18.1 Å². The molecule has 1 atom stereocenters. The molecule has 2 aromatic heterocycles. The van der Waals surface area contributed by atoms with E-state index >= 15 is 0 Å². The third-order valence-electron chi connectivity index (χ3n) is 3.98. The van der Waals surface area contributed by atoms with Crippen LogP contribution in [0.25, 0.3) is 21.9 Å². The minimum atomic E-state index is 0.0639. The summed E-state index contributed by atoms with van der Waals surface area (Å²) in [6.07, 6.45) is 1.67. The summed E-state index contributed by atoms with van der Waals surface area (Å²) in [4.78, 5) is 14.5. The van der Waals surface area contributed by atoms with Gasteiger partial charge in [-0.25, -0.2) is 9.97 Å². The number of morpholine rings is 1. The molecule has 21 heavy (non-hydrogen) atoms. The number of benzene rings is 1. The summed E-state index contributed by atoms with van der Waals surface area (Å²) in [5, 5.41) is 2.23. The summed E-state index contributed by atoms with van der Waals surface area (Å²) < 4.78 is 5.64. The van der Waals surface area contributed by atoms with Gasteiger partial charge in [0.25, 0.3) is 0 Å². The molecule has 1 aliphatic heterocycles. The van der Waals surface area contributed by atoms with E-state index in [1.54, 1.807) is 6.33 Å². The summed E-state index contributed by atoms with van der Waals surface area (Å²) in [7, 11) is 0. The van der Waals surface area contributed by atoms with Crippen molar-refractivity contribution in [3.05, 3.63) is 30.6 Å². The van der Waals surface area contributed by atoms with E-state index in [-0.39, 0.29) is 6.10 Å². The quantitative estimate of drug-likeness (QED) is 0.740. The number of aromatic amines is 1. The maximum Gasteiger partial charge on any atom is 0.143 e. The van der Waals surface area contributed by atoms with Crippen molar-refractivity contribution >= 4 is 27.8 Å².